The van der Waals surface area contributed by atoms with E-state index in [0.29, 0.717) is 12.2 Å². The first kappa shape index (κ1) is 12.5. The maximum absolute atomic E-state index is 12.0. The van der Waals surface area contributed by atoms with Crippen LogP contribution in [0, 0.1) is 0 Å². The molecule has 1 aliphatic carbocycles. The average Bonchev–Trinajstić information content (AvgIpc) is 2.78. The average molecular weight is 253 g/mol. The molecule has 0 aliphatic heterocycles. The molecule has 0 atom stereocenters. The molecule has 0 bridgehead atoms. The van der Waals surface area contributed by atoms with Crippen LogP contribution >= 0.6 is 11.3 Å². The van der Waals surface area contributed by atoms with E-state index in [1.807, 2.05) is 0 Å². The van der Waals surface area contributed by atoms with Crippen LogP contribution in [0.1, 0.15) is 54.5 Å². The van der Waals surface area contributed by atoms with Gasteiger partial charge in [0.25, 0.3) is 5.91 Å². The summed E-state index contributed by atoms with van der Waals surface area (Å²) in [6.07, 6.45) is 5.79. The highest BCUT2D eigenvalue weighted by Gasteiger charge is 2.29. The third kappa shape index (κ3) is 3.04. The second kappa shape index (κ2) is 5.14. The number of thiazole rings is 1. The molecule has 0 saturated heterocycles. The largest absolute Gasteiger partial charge is 0.346 e. The van der Waals surface area contributed by atoms with Gasteiger partial charge in [-0.15, -0.1) is 11.3 Å². The molecule has 0 spiro atoms. The Morgan fingerprint density at radius 3 is 2.82 bits per heavy atom. The molecular weight excluding hydrogens is 234 g/mol. The second-order valence-electron chi connectivity index (χ2n) is 4.91. The maximum atomic E-state index is 12.0. The van der Waals surface area contributed by atoms with Crippen LogP contribution in [0.15, 0.2) is 5.38 Å². The zero-order valence-electron chi connectivity index (χ0n) is 10.2. The van der Waals surface area contributed by atoms with Crippen molar-refractivity contribution in [2.45, 2.75) is 51.1 Å². The van der Waals surface area contributed by atoms with Crippen LogP contribution in [0.4, 0.5) is 0 Å². The molecule has 1 aliphatic rings. The van der Waals surface area contributed by atoms with E-state index in [0.717, 1.165) is 17.8 Å². The molecule has 17 heavy (non-hydrogen) atoms. The summed E-state index contributed by atoms with van der Waals surface area (Å²) < 4.78 is 0. The van der Waals surface area contributed by atoms with Gasteiger partial charge in [-0.3, -0.25) is 4.79 Å². The van der Waals surface area contributed by atoms with Crippen molar-refractivity contribution in [1.82, 2.24) is 10.3 Å². The summed E-state index contributed by atoms with van der Waals surface area (Å²) >= 11 is 1.44. The number of carbonyl (C=O) groups excluding carboxylic acids is 1. The highest BCUT2D eigenvalue weighted by atomic mass is 32.1. The Balaban J connectivity index is 2.00. The lowest BCUT2D eigenvalue weighted by molar-refractivity contribution is 0.0878. The summed E-state index contributed by atoms with van der Waals surface area (Å²) in [7, 11) is 0. The zero-order valence-corrected chi connectivity index (χ0v) is 11.0. The van der Waals surface area contributed by atoms with Gasteiger partial charge in [-0.05, 0) is 19.8 Å². The van der Waals surface area contributed by atoms with Gasteiger partial charge in [-0.1, -0.05) is 19.3 Å². The standard InChI is InChI=1S/C12H19N3OS/c1-12(5-3-2-4-6-12)15-11(16)9-8-17-10(7-13)14-9/h8H,2-7,13H2,1H3,(H,15,16). The minimum Gasteiger partial charge on any atom is -0.346 e. The summed E-state index contributed by atoms with van der Waals surface area (Å²) in [5.41, 5.74) is 5.94. The summed E-state index contributed by atoms with van der Waals surface area (Å²) in [4.78, 5) is 16.2. The number of nitrogens with one attached hydrogen (secondary N) is 1. The molecule has 1 aromatic heterocycles. The second-order valence-corrected chi connectivity index (χ2v) is 5.85. The van der Waals surface area contributed by atoms with Crippen LogP contribution < -0.4 is 11.1 Å². The van der Waals surface area contributed by atoms with Gasteiger partial charge in [0.05, 0.1) is 0 Å². The topological polar surface area (TPSA) is 68.0 Å². The van der Waals surface area contributed by atoms with E-state index in [9.17, 15) is 4.79 Å². The molecular formula is C12H19N3OS. The van der Waals surface area contributed by atoms with Crippen LogP contribution in [0.25, 0.3) is 0 Å². The number of rotatable bonds is 3. The van der Waals surface area contributed by atoms with E-state index in [-0.39, 0.29) is 11.4 Å². The number of amides is 1. The van der Waals surface area contributed by atoms with Crippen LogP contribution in [0.3, 0.4) is 0 Å². The van der Waals surface area contributed by atoms with E-state index in [4.69, 9.17) is 5.73 Å². The molecule has 1 fully saturated rings. The number of hydrogen-bond acceptors (Lipinski definition) is 4. The van der Waals surface area contributed by atoms with Crippen LogP contribution in [0.2, 0.25) is 0 Å². The normalized spacial score (nSPS) is 18.9. The van der Waals surface area contributed by atoms with Crippen molar-refractivity contribution in [3.63, 3.8) is 0 Å². The van der Waals surface area contributed by atoms with Gasteiger partial charge in [0, 0.05) is 17.5 Å². The smallest absolute Gasteiger partial charge is 0.271 e. The molecule has 5 heteroatoms. The summed E-state index contributed by atoms with van der Waals surface area (Å²) in [6.45, 7) is 2.52. The molecule has 4 nitrogen and oxygen atoms in total. The van der Waals surface area contributed by atoms with Crippen molar-refractivity contribution >= 4 is 17.2 Å². The quantitative estimate of drug-likeness (QED) is 0.866. The minimum absolute atomic E-state index is 0.0537. The zero-order chi connectivity index (χ0) is 12.3. The van der Waals surface area contributed by atoms with E-state index in [2.05, 4.69) is 17.2 Å². The van der Waals surface area contributed by atoms with Gasteiger partial charge in [-0.25, -0.2) is 4.98 Å². The lowest BCUT2D eigenvalue weighted by Crippen LogP contribution is -2.47. The van der Waals surface area contributed by atoms with Crippen molar-refractivity contribution in [2.24, 2.45) is 5.73 Å². The Labute approximate surface area is 106 Å². The number of nitrogens with zero attached hydrogens (tertiary/aromatic N) is 1. The third-order valence-electron chi connectivity index (χ3n) is 3.33. The Hall–Kier alpha value is -0.940. The summed E-state index contributed by atoms with van der Waals surface area (Å²) in [6, 6.07) is 0. The Morgan fingerprint density at radius 1 is 1.53 bits per heavy atom. The van der Waals surface area contributed by atoms with Gasteiger partial charge in [0.2, 0.25) is 0 Å². The minimum atomic E-state index is -0.0645. The highest BCUT2D eigenvalue weighted by Crippen LogP contribution is 2.27. The Kier molecular flexibility index (Phi) is 3.79. The molecule has 2 rings (SSSR count). The van der Waals surface area contributed by atoms with Gasteiger partial charge in [0.15, 0.2) is 0 Å². The summed E-state index contributed by atoms with van der Waals surface area (Å²) in [5, 5.41) is 5.70. The monoisotopic (exact) mass is 253 g/mol. The fourth-order valence-corrected chi connectivity index (χ4v) is 2.96. The number of carbonyl (C=O) groups is 1. The fourth-order valence-electron chi connectivity index (χ4n) is 2.30. The first-order valence-corrected chi connectivity index (χ1v) is 6.98. The molecule has 94 valence electrons. The first-order chi connectivity index (χ1) is 8.13. The molecule has 0 radical (unpaired) electrons. The van der Waals surface area contributed by atoms with Crippen LogP contribution in [0.5, 0.6) is 0 Å². The van der Waals surface area contributed by atoms with E-state index in [1.54, 1.807) is 5.38 Å². The lowest BCUT2D eigenvalue weighted by atomic mass is 9.83. The fraction of sp³-hybridized carbons (Fsp3) is 0.667. The predicted molar refractivity (Wildman–Crippen MR) is 69.0 cm³/mol. The lowest BCUT2D eigenvalue weighted by Gasteiger charge is -2.34. The van der Waals surface area contributed by atoms with Gasteiger partial charge >= 0.3 is 0 Å². The predicted octanol–water partition coefficient (Wildman–Crippen LogP) is 2.05. The molecule has 1 aromatic rings. The van der Waals surface area contributed by atoms with Gasteiger partial charge in [0.1, 0.15) is 10.7 Å². The number of hydrogen-bond donors (Lipinski definition) is 2. The third-order valence-corrected chi connectivity index (χ3v) is 4.20. The van der Waals surface area contributed by atoms with Crippen molar-refractivity contribution in [1.29, 1.82) is 0 Å². The van der Waals surface area contributed by atoms with Crippen molar-refractivity contribution in [2.75, 3.05) is 0 Å². The van der Waals surface area contributed by atoms with E-state index < -0.39 is 0 Å². The highest BCUT2D eigenvalue weighted by molar-refractivity contribution is 7.09. The van der Waals surface area contributed by atoms with Gasteiger partial charge in [-0.2, -0.15) is 0 Å². The van der Waals surface area contributed by atoms with Crippen LogP contribution in [-0.4, -0.2) is 16.4 Å². The van der Waals surface area contributed by atoms with E-state index >= 15 is 0 Å². The Morgan fingerprint density at radius 2 is 2.24 bits per heavy atom. The Bertz CT molecular complexity index is 396. The molecule has 0 unspecified atom stereocenters. The van der Waals surface area contributed by atoms with Crippen molar-refractivity contribution < 1.29 is 4.79 Å². The van der Waals surface area contributed by atoms with Crippen molar-refractivity contribution in [3.05, 3.63) is 16.1 Å². The van der Waals surface area contributed by atoms with E-state index in [1.165, 1.54) is 30.6 Å². The maximum Gasteiger partial charge on any atom is 0.271 e. The summed E-state index contributed by atoms with van der Waals surface area (Å²) in [5.74, 6) is -0.0645. The molecule has 0 aromatic carbocycles. The molecule has 3 N–H and O–H groups in total. The van der Waals surface area contributed by atoms with Crippen LogP contribution in [-0.2, 0) is 6.54 Å². The number of nitrogens with two attached hydrogens (primary N) is 1. The molecule has 1 saturated carbocycles. The SMILES string of the molecule is CC1(NC(=O)c2csc(CN)n2)CCCCC1. The van der Waals surface area contributed by atoms with Gasteiger partial charge < -0.3 is 11.1 Å². The first-order valence-electron chi connectivity index (χ1n) is 6.10. The number of aromatic nitrogens is 1. The van der Waals surface area contributed by atoms with Crippen molar-refractivity contribution in [3.8, 4) is 0 Å². The molecule has 1 heterocycles. The molecule has 1 amide bonds.